The van der Waals surface area contributed by atoms with Crippen molar-refractivity contribution in [3.63, 3.8) is 0 Å². The van der Waals surface area contributed by atoms with Crippen LogP contribution in [0.2, 0.25) is 0 Å². The van der Waals surface area contributed by atoms with Crippen molar-refractivity contribution in [2.45, 2.75) is 39.2 Å². The maximum atomic E-state index is 13.0. The Morgan fingerprint density at radius 3 is 2.25 bits per heavy atom. The van der Waals surface area contributed by atoms with Gasteiger partial charge >= 0.3 is 0 Å². The maximum Gasteiger partial charge on any atom is 0.295 e. The first-order valence-electron chi connectivity index (χ1n) is 10.6. The van der Waals surface area contributed by atoms with Crippen LogP contribution in [0.25, 0.3) is 5.76 Å². The number of amides is 1. The number of hydrogen-bond acceptors (Lipinski definition) is 5. The van der Waals surface area contributed by atoms with Gasteiger partial charge in [-0.2, -0.15) is 0 Å². The summed E-state index contributed by atoms with van der Waals surface area (Å²) >= 11 is 0. The molecule has 1 heterocycles. The van der Waals surface area contributed by atoms with Crippen molar-refractivity contribution >= 4 is 17.4 Å². The molecule has 0 aromatic heterocycles. The van der Waals surface area contributed by atoms with Crippen LogP contribution < -0.4 is 4.74 Å². The Kier molecular flexibility index (Phi) is 6.74. The number of methoxy groups -OCH3 is 2. The number of likely N-dealkylation sites (tertiary alicyclic amines) is 1. The molecule has 1 amide bonds. The quantitative estimate of drug-likeness (QED) is 0.413. The fourth-order valence-corrected chi connectivity index (χ4v) is 3.99. The Hall–Kier alpha value is -3.12. The lowest BCUT2D eigenvalue weighted by Crippen LogP contribution is -2.32. The van der Waals surface area contributed by atoms with Crippen molar-refractivity contribution in [1.82, 2.24) is 4.90 Å². The molecule has 0 unspecified atom stereocenters. The van der Waals surface area contributed by atoms with E-state index >= 15 is 0 Å². The zero-order chi connectivity index (χ0) is 23.6. The Balaban J connectivity index is 2.15. The molecule has 1 saturated heterocycles. The van der Waals surface area contributed by atoms with Crippen LogP contribution in [0.5, 0.6) is 5.75 Å². The van der Waals surface area contributed by atoms with E-state index in [1.54, 1.807) is 32.4 Å². The molecule has 1 atom stereocenters. The first-order chi connectivity index (χ1) is 15.1. The maximum absolute atomic E-state index is 13.0. The molecule has 2 aromatic carbocycles. The molecule has 0 saturated carbocycles. The molecule has 0 aliphatic carbocycles. The van der Waals surface area contributed by atoms with Crippen molar-refractivity contribution in [3.8, 4) is 5.75 Å². The number of aryl methyl sites for hydroxylation is 1. The number of carbonyl (C=O) groups excluding carboxylic acids is 2. The van der Waals surface area contributed by atoms with Gasteiger partial charge in [-0.15, -0.1) is 0 Å². The molecule has 170 valence electrons. The number of rotatable bonds is 6. The Morgan fingerprint density at radius 2 is 1.72 bits per heavy atom. The van der Waals surface area contributed by atoms with Gasteiger partial charge < -0.3 is 19.5 Å². The minimum Gasteiger partial charge on any atom is -0.507 e. The van der Waals surface area contributed by atoms with Gasteiger partial charge in [0, 0.05) is 19.2 Å². The SMILES string of the molecule is COCCN1C(=O)C(=O)/C(=C(/O)c2ccc(OC)c(C)c2)[C@H]1c1ccc(C(C)(C)C)cc1. The number of nitrogens with zero attached hydrogens (tertiary/aromatic N) is 1. The van der Waals surface area contributed by atoms with Gasteiger partial charge in [-0.05, 0) is 47.2 Å². The molecule has 1 aliphatic heterocycles. The summed E-state index contributed by atoms with van der Waals surface area (Å²) in [5.41, 5.74) is 3.23. The topological polar surface area (TPSA) is 76.1 Å². The van der Waals surface area contributed by atoms with E-state index in [9.17, 15) is 14.7 Å². The van der Waals surface area contributed by atoms with Crippen LogP contribution in [0.15, 0.2) is 48.0 Å². The Bertz CT molecular complexity index is 1050. The van der Waals surface area contributed by atoms with Gasteiger partial charge in [0.05, 0.1) is 25.3 Å². The fraction of sp³-hybridized carbons (Fsp3) is 0.385. The van der Waals surface area contributed by atoms with E-state index in [1.165, 1.54) is 4.90 Å². The number of aliphatic hydroxyl groups is 1. The minimum atomic E-state index is -0.697. The third kappa shape index (κ3) is 4.41. The van der Waals surface area contributed by atoms with Gasteiger partial charge in [0.15, 0.2) is 0 Å². The lowest BCUT2D eigenvalue weighted by atomic mass is 9.85. The second-order valence-electron chi connectivity index (χ2n) is 9.04. The molecule has 0 spiro atoms. The first kappa shape index (κ1) is 23.5. The van der Waals surface area contributed by atoms with E-state index in [0.29, 0.717) is 11.3 Å². The van der Waals surface area contributed by atoms with Gasteiger partial charge in [0.2, 0.25) is 0 Å². The summed E-state index contributed by atoms with van der Waals surface area (Å²) in [6.45, 7) is 8.75. The van der Waals surface area contributed by atoms with Gasteiger partial charge in [0.1, 0.15) is 11.5 Å². The molecule has 1 aliphatic rings. The minimum absolute atomic E-state index is 0.0307. The summed E-state index contributed by atoms with van der Waals surface area (Å²) in [5, 5.41) is 11.2. The summed E-state index contributed by atoms with van der Waals surface area (Å²) in [4.78, 5) is 27.4. The van der Waals surface area contributed by atoms with Gasteiger partial charge in [0.25, 0.3) is 11.7 Å². The van der Waals surface area contributed by atoms with Crippen LogP contribution in [-0.2, 0) is 19.7 Å². The number of carbonyl (C=O) groups is 2. The predicted molar refractivity (Wildman–Crippen MR) is 124 cm³/mol. The zero-order valence-corrected chi connectivity index (χ0v) is 19.6. The molecule has 1 N–H and O–H groups in total. The number of benzene rings is 2. The highest BCUT2D eigenvalue weighted by Crippen LogP contribution is 2.40. The van der Waals surface area contributed by atoms with Gasteiger partial charge in [-0.1, -0.05) is 45.0 Å². The average molecular weight is 438 g/mol. The fourth-order valence-electron chi connectivity index (χ4n) is 3.99. The predicted octanol–water partition coefficient (Wildman–Crippen LogP) is 4.37. The largest absolute Gasteiger partial charge is 0.507 e. The standard InChI is InChI=1S/C26H31NO5/c1-16-15-18(9-12-20(16)32-6)23(28)21-22(27(13-14-31-5)25(30)24(21)29)17-7-10-19(11-8-17)26(2,3)4/h7-12,15,22,28H,13-14H2,1-6H3/b23-21+/t22-/m1/s1. The lowest BCUT2D eigenvalue weighted by Gasteiger charge is -2.26. The summed E-state index contributed by atoms with van der Waals surface area (Å²) in [6.07, 6.45) is 0. The number of hydrogen-bond donors (Lipinski definition) is 1. The average Bonchev–Trinajstić information content (AvgIpc) is 3.01. The summed E-state index contributed by atoms with van der Waals surface area (Å²) in [6, 6.07) is 12.3. The van der Waals surface area contributed by atoms with Gasteiger partial charge in [-0.25, -0.2) is 0 Å². The highest BCUT2D eigenvalue weighted by Gasteiger charge is 2.45. The molecular formula is C26H31NO5. The van der Waals surface area contributed by atoms with E-state index in [0.717, 1.165) is 16.7 Å². The van der Waals surface area contributed by atoms with Crippen LogP contribution in [0.4, 0.5) is 0 Å². The smallest absolute Gasteiger partial charge is 0.295 e. The summed E-state index contributed by atoms with van der Waals surface area (Å²) in [7, 11) is 3.12. The second kappa shape index (κ2) is 9.17. The number of aliphatic hydroxyl groups excluding tert-OH is 1. The zero-order valence-electron chi connectivity index (χ0n) is 19.6. The third-order valence-electron chi connectivity index (χ3n) is 5.84. The van der Waals surface area contributed by atoms with Crippen LogP contribution in [-0.4, -0.2) is 49.1 Å². The number of Topliss-reactive ketones (excluding diaryl/α,β-unsaturated/α-hetero) is 1. The molecule has 2 aromatic rings. The third-order valence-corrected chi connectivity index (χ3v) is 5.84. The lowest BCUT2D eigenvalue weighted by molar-refractivity contribution is -0.140. The van der Waals surface area contributed by atoms with Crippen molar-refractivity contribution in [3.05, 3.63) is 70.3 Å². The molecule has 1 fully saturated rings. The summed E-state index contributed by atoms with van der Waals surface area (Å²) < 4.78 is 10.5. The molecule has 32 heavy (non-hydrogen) atoms. The highest BCUT2D eigenvalue weighted by atomic mass is 16.5. The first-order valence-corrected chi connectivity index (χ1v) is 10.6. The molecule has 6 heteroatoms. The summed E-state index contributed by atoms with van der Waals surface area (Å²) in [5.74, 6) is -0.856. The number of ether oxygens (including phenoxy) is 2. The molecule has 0 bridgehead atoms. The van der Waals surface area contributed by atoms with Crippen molar-refractivity contribution in [1.29, 1.82) is 0 Å². The number of ketones is 1. The van der Waals surface area contributed by atoms with E-state index in [-0.39, 0.29) is 29.9 Å². The molecule has 0 radical (unpaired) electrons. The van der Waals surface area contributed by atoms with E-state index in [4.69, 9.17) is 9.47 Å². The van der Waals surface area contributed by atoms with Crippen LogP contribution in [0.3, 0.4) is 0 Å². The van der Waals surface area contributed by atoms with Crippen molar-refractivity contribution in [2.75, 3.05) is 27.4 Å². The van der Waals surface area contributed by atoms with E-state index in [1.807, 2.05) is 31.2 Å². The van der Waals surface area contributed by atoms with Crippen molar-refractivity contribution in [2.24, 2.45) is 0 Å². The van der Waals surface area contributed by atoms with Crippen LogP contribution in [0, 0.1) is 6.92 Å². The Labute approximate surface area is 189 Å². The van der Waals surface area contributed by atoms with E-state index in [2.05, 4.69) is 20.8 Å². The van der Waals surface area contributed by atoms with Crippen LogP contribution >= 0.6 is 0 Å². The normalized spacial score (nSPS) is 18.3. The Morgan fingerprint density at radius 1 is 1.06 bits per heavy atom. The highest BCUT2D eigenvalue weighted by molar-refractivity contribution is 6.46. The van der Waals surface area contributed by atoms with Crippen molar-refractivity contribution < 1.29 is 24.2 Å². The van der Waals surface area contributed by atoms with Gasteiger partial charge in [-0.3, -0.25) is 9.59 Å². The van der Waals surface area contributed by atoms with Crippen LogP contribution in [0.1, 0.15) is 49.1 Å². The molecular weight excluding hydrogens is 406 g/mol. The monoisotopic (exact) mass is 437 g/mol. The molecule has 6 nitrogen and oxygen atoms in total. The second-order valence-corrected chi connectivity index (χ2v) is 9.04. The van der Waals surface area contributed by atoms with E-state index < -0.39 is 17.7 Å². The molecule has 3 rings (SSSR count).